The number of hydrogen-bond donors (Lipinski definition) is 2. The molecule has 1 aliphatic rings. The summed E-state index contributed by atoms with van der Waals surface area (Å²) in [4.78, 5) is 28.4. The van der Waals surface area contributed by atoms with E-state index in [9.17, 15) is 9.59 Å². The third-order valence-electron chi connectivity index (χ3n) is 3.86. The summed E-state index contributed by atoms with van der Waals surface area (Å²) >= 11 is 4.65. The fourth-order valence-corrected chi connectivity index (χ4v) is 3.94. The molecular weight excluding hydrogens is 426 g/mol. The molecule has 1 heterocycles. The van der Waals surface area contributed by atoms with Gasteiger partial charge in [0, 0.05) is 27.3 Å². The van der Waals surface area contributed by atoms with Crippen LogP contribution in [0, 0.1) is 5.92 Å². The van der Waals surface area contributed by atoms with Crippen molar-refractivity contribution in [3.05, 3.63) is 63.6 Å². The molecule has 1 aliphatic heterocycles. The molecule has 0 fully saturated rings. The van der Waals surface area contributed by atoms with Gasteiger partial charge in [0.2, 0.25) is 0 Å². The van der Waals surface area contributed by atoms with Crippen LogP contribution in [0.4, 0.5) is 11.4 Å². The lowest BCUT2D eigenvalue weighted by molar-refractivity contribution is -0.137. The van der Waals surface area contributed by atoms with Gasteiger partial charge in [-0.2, -0.15) is 0 Å². The minimum absolute atomic E-state index is 0.184. The van der Waals surface area contributed by atoms with Crippen molar-refractivity contribution in [1.29, 1.82) is 0 Å². The van der Waals surface area contributed by atoms with E-state index in [0.29, 0.717) is 22.8 Å². The number of nitrogens with zero attached hydrogens (tertiary/aromatic N) is 1. The van der Waals surface area contributed by atoms with Gasteiger partial charge in [-0.1, -0.05) is 47.6 Å². The highest BCUT2D eigenvalue weighted by atomic mass is 79.9. The van der Waals surface area contributed by atoms with Crippen molar-refractivity contribution in [1.82, 2.24) is 4.90 Å². The number of halogens is 1. The number of benzene rings is 2. The van der Waals surface area contributed by atoms with E-state index >= 15 is 0 Å². The van der Waals surface area contributed by atoms with Crippen molar-refractivity contribution in [2.75, 3.05) is 17.6 Å². The first-order chi connectivity index (χ1) is 12.8. The molecular formula is C20H20BrN3O2S. The highest BCUT2D eigenvalue weighted by Gasteiger charge is 2.39. The van der Waals surface area contributed by atoms with E-state index in [4.69, 9.17) is 5.73 Å². The smallest absolute Gasteiger partial charge is 0.278 e. The summed E-state index contributed by atoms with van der Waals surface area (Å²) in [6.07, 6.45) is 0. The Bertz CT molecular complexity index is 910. The molecule has 3 N–H and O–H groups in total. The number of hydrogen-bond acceptors (Lipinski definition) is 5. The van der Waals surface area contributed by atoms with Crippen molar-refractivity contribution in [2.45, 2.75) is 18.7 Å². The van der Waals surface area contributed by atoms with E-state index in [1.54, 1.807) is 12.1 Å². The van der Waals surface area contributed by atoms with Gasteiger partial charge in [0.05, 0.1) is 0 Å². The van der Waals surface area contributed by atoms with Gasteiger partial charge in [0.15, 0.2) is 0 Å². The molecule has 0 aromatic heterocycles. The Morgan fingerprint density at radius 1 is 1.11 bits per heavy atom. The summed E-state index contributed by atoms with van der Waals surface area (Å²) in [7, 11) is 0. The van der Waals surface area contributed by atoms with Crippen LogP contribution in [-0.4, -0.2) is 23.3 Å². The minimum Gasteiger partial charge on any atom is -0.399 e. The van der Waals surface area contributed by atoms with Gasteiger partial charge in [0.1, 0.15) is 10.6 Å². The van der Waals surface area contributed by atoms with Crippen LogP contribution in [0.15, 0.2) is 68.5 Å². The number of anilines is 2. The van der Waals surface area contributed by atoms with E-state index in [1.807, 2.05) is 50.2 Å². The van der Waals surface area contributed by atoms with Gasteiger partial charge in [-0.3, -0.25) is 14.5 Å². The largest absolute Gasteiger partial charge is 0.399 e. The topological polar surface area (TPSA) is 75.4 Å². The van der Waals surface area contributed by atoms with Gasteiger partial charge < -0.3 is 11.1 Å². The van der Waals surface area contributed by atoms with Crippen LogP contribution in [0.1, 0.15) is 13.8 Å². The maximum atomic E-state index is 12.9. The number of amides is 2. The van der Waals surface area contributed by atoms with Crippen LogP contribution in [0.3, 0.4) is 0 Å². The Kier molecular flexibility index (Phi) is 5.92. The standard InChI is InChI=1S/C20H20BrN3O2S/c1-12(2)11-24-19(25)17(23-15-8-6-13(21)7-9-15)18(20(24)26)27-16-5-3-4-14(22)10-16/h3-10,12,23H,11,22H2,1-2H3. The van der Waals surface area contributed by atoms with Crippen LogP contribution in [0.2, 0.25) is 0 Å². The van der Waals surface area contributed by atoms with Gasteiger partial charge in [0.25, 0.3) is 11.8 Å². The summed E-state index contributed by atoms with van der Waals surface area (Å²) in [6.45, 7) is 4.33. The predicted molar refractivity (Wildman–Crippen MR) is 113 cm³/mol. The lowest BCUT2D eigenvalue weighted by Gasteiger charge is -2.17. The van der Waals surface area contributed by atoms with Crippen LogP contribution in [0.25, 0.3) is 0 Å². The second-order valence-electron chi connectivity index (χ2n) is 6.63. The lowest BCUT2D eigenvalue weighted by atomic mass is 10.2. The maximum Gasteiger partial charge on any atom is 0.278 e. The molecule has 0 aliphatic carbocycles. The lowest BCUT2D eigenvalue weighted by Crippen LogP contribution is -2.35. The number of rotatable bonds is 6. The van der Waals surface area contributed by atoms with Crippen LogP contribution in [0.5, 0.6) is 0 Å². The first kappa shape index (κ1) is 19.5. The Morgan fingerprint density at radius 2 is 1.81 bits per heavy atom. The summed E-state index contributed by atoms with van der Waals surface area (Å²) in [6, 6.07) is 14.7. The Hall–Kier alpha value is -2.25. The normalized spacial score (nSPS) is 14.4. The zero-order valence-electron chi connectivity index (χ0n) is 15.0. The monoisotopic (exact) mass is 445 g/mol. The first-order valence-corrected chi connectivity index (χ1v) is 10.1. The molecule has 0 atom stereocenters. The Morgan fingerprint density at radius 3 is 2.44 bits per heavy atom. The third kappa shape index (κ3) is 4.54. The minimum atomic E-state index is -0.303. The fraction of sp³-hybridized carbons (Fsp3) is 0.200. The van der Waals surface area contributed by atoms with E-state index in [-0.39, 0.29) is 17.7 Å². The van der Waals surface area contributed by atoms with Crippen molar-refractivity contribution in [2.24, 2.45) is 5.92 Å². The zero-order chi connectivity index (χ0) is 19.6. The van der Waals surface area contributed by atoms with Crippen molar-refractivity contribution in [3.8, 4) is 0 Å². The number of imide groups is 1. The molecule has 0 saturated carbocycles. The van der Waals surface area contributed by atoms with Gasteiger partial charge in [-0.25, -0.2) is 0 Å². The van der Waals surface area contributed by atoms with Gasteiger partial charge in [-0.15, -0.1) is 0 Å². The van der Waals surface area contributed by atoms with E-state index in [0.717, 1.165) is 15.1 Å². The van der Waals surface area contributed by atoms with E-state index in [1.165, 1.54) is 16.7 Å². The number of carbonyl (C=O) groups is 2. The number of thioether (sulfide) groups is 1. The molecule has 0 bridgehead atoms. The summed E-state index contributed by atoms with van der Waals surface area (Å²) in [5.74, 6) is -0.396. The van der Waals surface area contributed by atoms with Crippen LogP contribution >= 0.6 is 27.7 Å². The average molecular weight is 446 g/mol. The molecule has 5 nitrogen and oxygen atoms in total. The van der Waals surface area contributed by atoms with Gasteiger partial charge in [-0.05, 0) is 48.4 Å². The molecule has 2 aromatic carbocycles. The fourth-order valence-electron chi connectivity index (χ4n) is 2.66. The van der Waals surface area contributed by atoms with Crippen LogP contribution < -0.4 is 11.1 Å². The SMILES string of the molecule is CC(C)CN1C(=O)C(Nc2ccc(Br)cc2)=C(Sc2cccc(N)c2)C1=O. The average Bonchev–Trinajstić information content (AvgIpc) is 2.82. The van der Waals surface area contributed by atoms with E-state index in [2.05, 4.69) is 21.2 Å². The molecule has 27 heavy (non-hydrogen) atoms. The Labute approximate surface area is 171 Å². The molecule has 2 aromatic rings. The molecule has 7 heteroatoms. The Balaban J connectivity index is 1.96. The van der Waals surface area contributed by atoms with E-state index < -0.39 is 0 Å². The summed E-state index contributed by atoms with van der Waals surface area (Å²) in [5.41, 5.74) is 7.50. The molecule has 3 rings (SSSR count). The molecule has 0 spiro atoms. The summed E-state index contributed by atoms with van der Waals surface area (Å²) in [5, 5.41) is 3.13. The highest BCUT2D eigenvalue weighted by molar-refractivity contribution is 9.10. The molecule has 140 valence electrons. The first-order valence-electron chi connectivity index (χ1n) is 8.51. The molecule has 0 radical (unpaired) electrons. The number of nitrogen functional groups attached to an aromatic ring is 1. The quantitative estimate of drug-likeness (QED) is 0.506. The maximum absolute atomic E-state index is 12.9. The predicted octanol–water partition coefficient (Wildman–Crippen LogP) is 4.47. The molecule has 0 saturated heterocycles. The zero-order valence-corrected chi connectivity index (χ0v) is 17.4. The summed E-state index contributed by atoms with van der Waals surface area (Å²) < 4.78 is 0.937. The number of nitrogens with two attached hydrogens (primary N) is 1. The van der Waals surface area contributed by atoms with Gasteiger partial charge >= 0.3 is 0 Å². The van der Waals surface area contributed by atoms with Crippen molar-refractivity contribution >= 4 is 50.9 Å². The highest BCUT2D eigenvalue weighted by Crippen LogP contribution is 2.36. The van der Waals surface area contributed by atoms with Crippen LogP contribution in [-0.2, 0) is 9.59 Å². The molecule has 2 amide bonds. The van der Waals surface area contributed by atoms with Crippen molar-refractivity contribution < 1.29 is 9.59 Å². The second-order valence-corrected chi connectivity index (χ2v) is 8.62. The number of nitrogens with one attached hydrogen (secondary N) is 1. The van der Waals surface area contributed by atoms with Crippen molar-refractivity contribution in [3.63, 3.8) is 0 Å². The second kappa shape index (κ2) is 8.19. The molecule has 0 unspecified atom stereocenters. The number of carbonyl (C=O) groups excluding carboxylic acids is 2. The third-order valence-corrected chi connectivity index (χ3v) is 5.47.